The second-order valence-electron chi connectivity index (χ2n) is 4.60. The van der Waals surface area contributed by atoms with Gasteiger partial charge in [-0.3, -0.25) is 0 Å². The van der Waals surface area contributed by atoms with Gasteiger partial charge in [0.05, 0.1) is 18.2 Å². The molecule has 2 unspecified atom stereocenters. The first-order valence-electron chi connectivity index (χ1n) is 6.11. The van der Waals surface area contributed by atoms with E-state index in [1.54, 1.807) is 0 Å². The molecular formula is C14H18N2O. The van der Waals surface area contributed by atoms with Crippen molar-refractivity contribution in [1.82, 2.24) is 5.32 Å². The number of rotatable bonds is 4. The molecule has 3 heteroatoms. The predicted octanol–water partition coefficient (Wildman–Crippen LogP) is 2.25. The van der Waals surface area contributed by atoms with Crippen molar-refractivity contribution in [1.29, 1.82) is 5.26 Å². The molecule has 90 valence electrons. The van der Waals surface area contributed by atoms with Crippen molar-refractivity contribution in [2.45, 2.75) is 19.4 Å². The SMILES string of the molecule is CC(NCC1CCOC1)c1cccc(C#N)c1. The summed E-state index contributed by atoms with van der Waals surface area (Å²) in [5, 5.41) is 12.4. The molecule has 1 N–H and O–H groups in total. The Kier molecular flexibility index (Phi) is 4.13. The van der Waals surface area contributed by atoms with Crippen molar-refractivity contribution >= 4 is 0 Å². The standard InChI is InChI=1S/C14H18N2O/c1-11(16-9-13-5-6-17-10-13)14-4-2-3-12(7-14)8-15/h2-4,7,11,13,16H,5-6,9-10H2,1H3. The Bertz CT molecular complexity index is 405. The highest BCUT2D eigenvalue weighted by Crippen LogP contribution is 2.16. The number of benzene rings is 1. The third-order valence-corrected chi connectivity index (χ3v) is 3.25. The molecule has 2 rings (SSSR count). The lowest BCUT2D eigenvalue weighted by atomic mass is 10.0. The van der Waals surface area contributed by atoms with Gasteiger partial charge in [0.25, 0.3) is 0 Å². The smallest absolute Gasteiger partial charge is 0.0991 e. The molecule has 0 amide bonds. The largest absolute Gasteiger partial charge is 0.381 e. The highest BCUT2D eigenvalue weighted by Gasteiger charge is 2.16. The molecule has 0 spiro atoms. The van der Waals surface area contributed by atoms with E-state index in [0.717, 1.165) is 31.7 Å². The van der Waals surface area contributed by atoms with E-state index < -0.39 is 0 Å². The third-order valence-electron chi connectivity index (χ3n) is 3.25. The van der Waals surface area contributed by atoms with Crippen LogP contribution in [-0.2, 0) is 4.74 Å². The molecule has 1 saturated heterocycles. The van der Waals surface area contributed by atoms with E-state index in [1.165, 1.54) is 5.56 Å². The van der Waals surface area contributed by atoms with Crippen LogP contribution in [0.1, 0.15) is 30.5 Å². The van der Waals surface area contributed by atoms with Crippen LogP contribution >= 0.6 is 0 Å². The van der Waals surface area contributed by atoms with Gasteiger partial charge in [0.2, 0.25) is 0 Å². The first-order chi connectivity index (χ1) is 8.29. The Balaban J connectivity index is 1.89. The summed E-state index contributed by atoms with van der Waals surface area (Å²) in [7, 11) is 0. The third kappa shape index (κ3) is 3.29. The summed E-state index contributed by atoms with van der Waals surface area (Å²) in [4.78, 5) is 0. The Labute approximate surface area is 102 Å². The van der Waals surface area contributed by atoms with Crippen molar-refractivity contribution in [2.24, 2.45) is 5.92 Å². The summed E-state index contributed by atoms with van der Waals surface area (Å²) in [5.41, 5.74) is 1.89. The fourth-order valence-electron chi connectivity index (χ4n) is 2.08. The van der Waals surface area contributed by atoms with E-state index in [-0.39, 0.29) is 6.04 Å². The molecular weight excluding hydrogens is 212 g/mol. The fraction of sp³-hybridized carbons (Fsp3) is 0.500. The number of nitrogens with zero attached hydrogens (tertiary/aromatic N) is 1. The van der Waals surface area contributed by atoms with Gasteiger partial charge in [-0.15, -0.1) is 0 Å². The molecule has 3 nitrogen and oxygen atoms in total. The van der Waals surface area contributed by atoms with E-state index in [4.69, 9.17) is 10.00 Å². The van der Waals surface area contributed by atoms with Gasteiger partial charge in [-0.1, -0.05) is 12.1 Å². The lowest BCUT2D eigenvalue weighted by Crippen LogP contribution is -2.26. The number of nitriles is 1. The van der Waals surface area contributed by atoms with Crippen LogP contribution in [0, 0.1) is 17.2 Å². The summed E-state index contributed by atoms with van der Waals surface area (Å²) in [6.07, 6.45) is 1.15. The van der Waals surface area contributed by atoms with Crippen LogP contribution in [0.15, 0.2) is 24.3 Å². The molecule has 1 aromatic carbocycles. The van der Waals surface area contributed by atoms with E-state index in [9.17, 15) is 0 Å². The zero-order valence-corrected chi connectivity index (χ0v) is 10.1. The molecule has 0 saturated carbocycles. The summed E-state index contributed by atoms with van der Waals surface area (Å²) in [5.74, 6) is 0.636. The number of hydrogen-bond acceptors (Lipinski definition) is 3. The molecule has 0 radical (unpaired) electrons. The Morgan fingerprint density at radius 3 is 3.18 bits per heavy atom. The highest BCUT2D eigenvalue weighted by atomic mass is 16.5. The highest BCUT2D eigenvalue weighted by molar-refractivity contribution is 5.33. The van der Waals surface area contributed by atoms with E-state index in [0.29, 0.717) is 5.92 Å². The van der Waals surface area contributed by atoms with Crippen molar-refractivity contribution in [3.05, 3.63) is 35.4 Å². The minimum atomic E-state index is 0.281. The lowest BCUT2D eigenvalue weighted by Gasteiger charge is -2.16. The molecule has 1 aromatic rings. The zero-order valence-electron chi connectivity index (χ0n) is 10.1. The normalized spacial score (nSPS) is 21.1. The quantitative estimate of drug-likeness (QED) is 0.862. The molecule has 0 aromatic heterocycles. The van der Waals surface area contributed by atoms with Crippen LogP contribution in [0.3, 0.4) is 0 Å². The van der Waals surface area contributed by atoms with Crippen LogP contribution in [0.4, 0.5) is 0 Å². The van der Waals surface area contributed by atoms with Crippen LogP contribution in [0.25, 0.3) is 0 Å². The second-order valence-corrected chi connectivity index (χ2v) is 4.60. The maximum atomic E-state index is 8.86. The summed E-state index contributed by atoms with van der Waals surface area (Å²) < 4.78 is 5.35. The average molecular weight is 230 g/mol. The Morgan fingerprint density at radius 2 is 2.47 bits per heavy atom. The number of hydrogen-bond donors (Lipinski definition) is 1. The van der Waals surface area contributed by atoms with E-state index >= 15 is 0 Å². The monoisotopic (exact) mass is 230 g/mol. The van der Waals surface area contributed by atoms with Gasteiger partial charge in [-0.2, -0.15) is 5.26 Å². The van der Waals surface area contributed by atoms with Gasteiger partial charge in [-0.25, -0.2) is 0 Å². The summed E-state index contributed by atoms with van der Waals surface area (Å²) in [6.45, 7) is 4.88. The van der Waals surface area contributed by atoms with Gasteiger partial charge in [0, 0.05) is 19.2 Å². The second kappa shape index (κ2) is 5.81. The molecule has 0 aliphatic carbocycles. The van der Waals surface area contributed by atoms with E-state index in [1.807, 2.05) is 18.2 Å². The fourth-order valence-corrected chi connectivity index (χ4v) is 2.08. The van der Waals surface area contributed by atoms with Crippen LogP contribution in [-0.4, -0.2) is 19.8 Å². The first-order valence-corrected chi connectivity index (χ1v) is 6.11. The van der Waals surface area contributed by atoms with Gasteiger partial charge in [0.1, 0.15) is 0 Å². The number of nitrogens with one attached hydrogen (secondary N) is 1. The van der Waals surface area contributed by atoms with Crippen LogP contribution in [0.2, 0.25) is 0 Å². The Morgan fingerprint density at radius 1 is 1.59 bits per heavy atom. The maximum absolute atomic E-state index is 8.86. The minimum absolute atomic E-state index is 0.281. The lowest BCUT2D eigenvalue weighted by molar-refractivity contribution is 0.184. The molecule has 1 heterocycles. The molecule has 17 heavy (non-hydrogen) atoms. The van der Waals surface area contributed by atoms with E-state index in [2.05, 4.69) is 24.4 Å². The minimum Gasteiger partial charge on any atom is -0.381 e. The maximum Gasteiger partial charge on any atom is 0.0991 e. The van der Waals surface area contributed by atoms with Crippen molar-refractivity contribution < 1.29 is 4.74 Å². The van der Waals surface area contributed by atoms with Crippen molar-refractivity contribution in [2.75, 3.05) is 19.8 Å². The van der Waals surface area contributed by atoms with Crippen LogP contribution in [0.5, 0.6) is 0 Å². The molecule has 2 atom stereocenters. The topological polar surface area (TPSA) is 45.0 Å². The zero-order chi connectivity index (χ0) is 12.1. The number of ether oxygens (including phenoxy) is 1. The summed E-state index contributed by atoms with van der Waals surface area (Å²) >= 11 is 0. The van der Waals surface area contributed by atoms with Gasteiger partial charge < -0.3 is 10.1 Å². The average Bonchev–Trinajstić information content (AvgIpc) is 2.89. The van der Waals surface area contributed by atoms with Crippen molar-refractivity contribution in [3.63, 3.8) is 0 Å². The molecule has 1 aliphatic heterocycles. The molecule has 0 bridgehead atoms. The molecule has 1 fully saturated rings. The predicted molar refractivity (Wildman–Crippen MR) is 66.5 cm³/mol. The summed E-state index contributed by atoms with van der Waals surface area (Å²) in [6, 6.07) is 10.2. The van der Waals surface area contributed by atoms with Gasteiger partial charge in [-0.05, 0) is 37.0 Å². The molecule has 1 aliphatic rings. The van der Waals surface area contributed by atoms with Gasteiger partial charge >= 0.3 is 0 Å². The van der Waals surface area contributed by atoms with Crippen LogP contribution < -0.4 is 5.32 Å². The Hall–Kier alpha value is -1.37. The van der Waals surface area contributed by atoms with Gasteiger partial charge in [0.15, 0.2) is 0 Å². The van der Waals surface area contributed by atoms with Crippen molar-refractivity contribution in [3.8, 4) is 6.07 Å². The first kappa shape index (κ1) is 12.1.